The summed E-state index contributed by atoms with van der Waals surface area (Å²) >= 11 is 0. The number of nitrogens with one attached hydrogen (secondary N) is 1. The zero-order valence-electron chi connectivity index (χ0n) is 17.9. The molecule has 170 valence electrons. The molecule has 0 spiro atoms. The van der Waals surface area contributed by atoms with Crippen molar-refractivity contribution in [1.29, 1.82) is 0 Å². The van der Waals surface area contributed by atoms with Crippen LogP contribution in [-0.4, -0.2) is 23.8 Å². The average molecular weight is 466 g/mol. The molecule has 1 aliphatic rings. The van der Waals surface area contributed by atoms with Gasteiger partial charge in [0.05, 0.1) is 0 Å². The number of fused-ring (bicyclic) bond motifs is 1. The fourth-order valence-corrected chi connectivity index (χ4v) is 5.15. The molecule has 0 saturated heterocycles. The number of benzene rings is 2. The molecule has 2 heterocycles. The number of imidazole rings is 1. The van der Waals surface area contributed by atoms with Crippen LogP contribution < -0.4 is 9.50 Å². The van der Waals surface area contributed by atoms with Crippen LogP contribution in [0, 0.1) is 5.82 Å². The predicted octanol–water partition coefficient (Wildman–Crippen LogP) is 5.65. The largest absolute Gasteiger partial charge is 0.379 e. The van der Waals surface area contributed by atoms with Crippen molar-refractivity contribution in [2.24, 2.45) is 0 Å². The van der Waals surface area contributed by atoms with Crippen molar-refractivity contribution in [3.63, 3.8) is 0 Å². The fourth-order valence-electron chi connectivity index (χ4n) is 4.22. The van der Waals surface area contributed by atoms with Crippen molar-refractivity contribution in [3.8, 4) is 17.0 Å². The van der Waals surface area contributed by atoms with E-state index in [0.29, 0.717) is 6.04 Å². The van der Waals surface area contributed by atoms with Crippen molar-refractivity contribution in [2.75, 3.05) is 5.32 Å². The lowest BCUT2D eigenvalue weighted by Crippen LogP contribution is -2.23. The highest BCUT2D eigenvalue weighted by Crippen LogP contribution is 2.32. The van der Waals surface area contributed by atoms with E-state index in [1.807, 2.05) is 28.8 Å². The van der Waals surface area contributed by atoms with Crippen molar-refractivity contribution in [2.45, 2.75) is 43.0 Å². The van der Waals surface area contributed by atoms with Crippen molar-refractivity contribution in [3.05, 3.63) is 78.7 Å². The van der Waals surface area contributed by atoms with Gasteiger partial charge < -0.3 is 9.50 Å². The number of halogens is 1. The van der Waals surface area contributed by atoms with Crippen LogP contribution in [0.1, 0.15) is 32.1 Å². The highest BCUT2D eigenvalue weighted by molar-refractivity contribution is 7.87. The monoisotopic (exact) mass is 465 g/mol. The Kier molecular flexibility index (Phi) is 5.76. The summed E-state index contributed by atoms with van der Waals surface area (Å²) in [7, 11) is -4.05. The summed E-state index contributed by atoms with van der Waals surface area (Å²) in [5, 5.41) is 3.69. The predicted molar refractivity (Wildman–Crippen MR) is 125 cm³/mol. The maximum absolute atomic E-state index is 13.1. The molecule has 0 aliphatic heterocycles. The number of rotatable bonds is 6. The van der Waals surface area contributed by atoms with E-state index in [0.717, 1.165) is 47.7 Å². The molecular formula is C25H24FN3O3S. The minimum atomic E-state index is -4.05. The molecule has 0 unspecified atom stereocenters. The van der Waals surface area contributed by atoms with Crippen LogP contribution >= 0.6 is 0 Å². The first-order chi connectivity index (χ1) is 16.0. The first-order valence-corrected chi connectivity index (χ1v) is 12.4. The minimum absolute atomic E-state index is 0.104. The SMILES string of the molecule is O=S(=O)(Oc1ccc(-c2nc3ccccn3c2NC2CCCCC2)cc1)c1ccc(F)cc1. The van der Waals surface area contributed by atoms with Crippen molar-refractivity contribution >= 4 is 21.6 Å². The molecule has 0 radical (unpaired) electrons. The Labute approximate surface area is 192 Å². The Morgan fingerprint density at radius 3 is 2.39 bits per heavy atom. The van der Waals surface area contributed by atoms with Gasteiger partial charge in [-0.2, -0.15) is 8.42 Å². The molecule has 1 saturated carbocycles. The van der Waals surface area contributed by atoms with E-state index in [9.17, 15) is 12.8 Å². The normalized spacial score (nSPS) is 14.9. The molecule has 0 bridgehead atoms. The number of hydrogen-bond acceptors (Lipinski definition) is 5. The topological polar surface area (TPSA) is 72.7 Å². The summed E-state index contributed by atoms with van der Waals surface area (Å²) < 4.78 is 45.4. The zero-order chi connectivity index (χ0) is 22.8. The van der Waals surface area contributed by atoms with E-state index in [1.165, 1.54) is 31.4 Å². The number of pyridine rings is 1. The summed E-state index contributed by atoms with van der Waals surface area (Å²) in [5.74, 6) is 0.599. The van der Waals surface area contributed by atoms with Crippen LogP contribution in [0.15, 0.2) is 77.8 Å². The van der Waals surface area contributed by atoms with Gasteiger partial charge in [-0.3, -0.25) is 4.40 Å². The molecule has 33 heavy (non-hydrogen) atoms. The second-order valence-electron chi connectivity index (χ2n) is 8.23. The molecule has 8 heteroatoms. The zero-order valence-corrected chi connectivity index (χ0v) is 18.8. The molecule has 6 nitrogen and oxygen atoms in total. The van der Waals surface area contributed by atoms with E-state index in [2.05, 4.69) is 5.32 Å². The van der Waals surface area contributed by atoms with Gasteiger partial charge in [-0.05, 0) is 73.5 Å². The van der Waals surface area contributed by atoms with Crippen LogP contribution in [0.5, 0.6) is 5.75 Å². The molecular weight excluding hydrogens is 441 g/mol. The second kappa shape index (κ2) is 8.86. The van der Waals surface area contributed by atoms with Gasteiger partial charge in [0, 0.05) is 17.8 Å². The quantitative estimate of drug-likeness (QED) is 0.373. The summed E-state index contributed by atoms with van der Waals surface area (Å²) in [6.07, 6.45) is 7.97. The molecule has 4 aromatic rings. The van der Waals surface area contributed by atoms with Crippen LogP contribution in [0.2, 0.25) is 0 Å². The highest BCUT2D eigenvalue weighted by Gasteiger charge is 2.20. The summed E-state index contributed by atoms with van der Waals surface area (Å²) in [4.78, 5) is 4.71. The fraction of sp³-hybridized carbons (Fsp3) is 0.240. The van der Waals surface area contributed by atoms with E-state index >= 15 is 0 Å². The molecule has 0 amide bonds. The van der Waals surface area contributed by atoms with Crippen LogP contribution in [0.3, 0.4) is 0 Å². The van der Waals surface area contributed by atoms with Gasteiger partial charge in [-0.15, -0.1) is 0 Å². The average Bonchev–Trinajstić information content (AvgIpc) is 3.19. The molecule has 1 N–H and O–H groups in total. The molecule has 2 aromatic heterocycles. The standard InChI is InChI=1S/C25H24FN3O3S/c26-19-11-15-22(16-12-19)33(30,31)32-21-13-9-18(10-14-21)24-25(27-20-6-2-1-3-7-20)29-17-5-4-8-23(29)28-24/h4-5,8-17,20,27H,1-3,6-7H2. The van der Waals surface area contributed by atoms with Crippen molar-refractivity contribution in [1.82, 2.24) is 9.38 Å². The Balaban J connectivity index is 1.43. The summed E-state index contributed by atoms with van der Waals surface area (Å²) in [6.45, 7) is 0. The van der Waals surface area contributed by atoms with Gasteiger partial charge in [0.15, 0.2) is 0 Å². The third kappa shape index (κ3) is 4.57. The number of hydrogen-bond donors (Lipinski definition) is 1. The smallest absolute Gasteiger partial charge is 0.339 e. The summed E-state index contributed by atoms with van der Waals surface area (Å²) in [5.41, 5.74) is 2.49. The molecule has 1 aliphatic carbocycles. The lowest BCUT2D eigenvalue weighted by molar-refractivity contribution is 0.462. The summed E-state index contributed by atoms with van der Waals surface area (Å²) in [6, 6.07) is 17.6. The first kappa shape index (κ1) is 21.5. The Bertz CT molecular complexity index is 1360. The molecule has 0 atom stereocenters. The number of aromatic nitrogens is 2. The molecule has 1 fully saturated rings. The maximum Gasteiger partial charge on any atom is 0.339 e. The van der Waals surface area contributed by atoms with Gasteiger partial charge in [0.2, 0.25) is 0 Å². The van der Waals surface area contributed by atoms with Gasteiger partial charge in [0.25, 0.3) is 0 Å². The molecule has 5 rings (SSSR count). The lowest BCUT2D eigenvalue weighted by atomic mass is 9.95. The Hall–Kier alpha value is -3.39. The van der Waals surface area contributed by atoms with Gasteiger partial charge in [-0.25, -0.2) is 9.37 Å². The lowest BCUT2D eigenvalue weighted by Gasteiger charge is -2.24. The second-order valence-corrected chi connectivity index (χ2v) is 9.78. The Morgan fingerprint density at radius 2 is 1.67 bits per heavy atom. The van der Waals surface area contributed by atoms with Gasteiger partial charge in [0.1, 0.15) is 33.6 Å². The highest BCUT2D eigenvalue weighted by atomic mass is 32.2. The third-order valence-corrected chi connectivity index (χ3v) is 7.17. The first-order valence-electron chi connectivity index (χ1n) is 11.0. The number of nitrogens with zero attached hydrogens (tertiary/aromatic N) is 2. The maximum atomic E-state index is 13.1. The van der Waals surface area contributed by atoms with Crippen molar-refractivity contribution < 1.29 is 17.0 Å². The minimum Gasteiger partial charge on any atom is -0.379 e. The van der Waals surface area contributed by atoms with E-state index in [1.54, 1.807) is 24.3 Å². The van der Waals surface area contributed by atoms with E-state index in [4.69, 9.17) is 9.17 Å². The van der Waals surface area contributed by atoms with Crippen LogP contribution in [-0.2, 0) is 10.1 Å². The van der Waals surface area contributed by atoms with E-state index in [-0.39, 0.29) is 10.6 Å². The third-order valence-electron chi connectivity index (χ3n) is 5.91. The van der Waals surface area contributed by atoms with Gasteiger partial charge >= 0.3 is 10.1 Å². The Morgan fingerprint density at radius 1 is 0.939 bits per heavy atom. The van der Waals surface area contributed by atoms with Crippen LogP contribution in [0.25, 0.3) is 16.9 Å². The molecule has 2 aromatic carbocycles. The van der Waals surface area contributed by atoms with Gasteiger partial charge in [-0.1, -0.05) is 25.3 Å². The van der Waals surface area contributed by atoms with E-state index < -0.39 is 15.9 Å². The van der Waals surface area contributed by atoms with Crippen LogP contribution in [0.4, 0.5) is 10.2 Å². The number of anilines is 1.